The van der Waals surface area contributed by atoms with E-state index in [9.17, 15) is 4.79 Å². The number of imidazole rings is 1. The number of nitrogens with one attached hydrogen (secondary N) is 1. The smallest absolute Gasteiger partial charge is 0.255 e. The van der Waals surface area contributed by atoms with Gasteiger partial charge in [0.2, 0.25) is 0 Å². The van der Waals surface area contributed by atoms with Crippen molar-refractivity contribution in [3.63, 3.8) is 0 Å². The summed E-state index contributed by atoms with van der Waals surface area (Å²) in [6.45, 7) is 2.06. The van der Waals surface area contributed by atoms with Crippen LogP contribution >= 0.6 is 11.3 Å². The van der Waals surface area contributed by atoms with E-state index in [4.69, 9.17) is 4.74 Å². The maximum absolute atomic E-state index is 12.4. The summed E-state index contributed by atoms with van der Waals surface area (Å²) in [5, 5.41) is 2.93. The second-order valence-corrected chi connectivity index (χ2v) is 7.13. The van der Waals surface area contributed by atoms with Gasteiger partial charge in [-0.15, -0.1) is 11.3 Å². The summed E-state index contributed by atoms with van der Waals surface area (Å²) >= 11 is 1.65. The molecule has 1 amide bonds. The van der Waals surface area contributed by atoms with Crippen LogP contribution in [0, 0.1) is 6.92 Å². The van der Waals surface area contributed by atoms with Gasteiger partial charge in [-0.3, -0.25) is 9.20 Å². The van der Waals surface area contributed by atoms with E-state index < -0.39 is 0 Å². The number of anilines is 1. The molecule has 26 heavy (non-hydrogen) atoms. The molecule has 6 heteroatoms. The van der Waals surface area contributed by atoms with Crippen LogP contribution in [0.3, 0.4) is 0 Å². The maximum Gasteiger partial charge on any atom is 0.255 e. The van der Waals surface area contributed by atoms with Crippen LogP contribution < -0.4 is 10.1 Å². The minimum Gasteiger partial charge on any atom is -0.497 e. The molecule has 0 saturated heterocycles. The largest absolute Gasteiger partial charge is 0.497 e. The second-order valence-electron chi connectivity index (χ2n) is 5.92. The molecule has 0 aliphatic heterocycles. The number of carbonyl (C=O) groups excluding carboxylic acids is 1. The molecule has 0 fully saturated rings. The first-order valence-electron chi connectivity index (χ1n) is 8.13. The highest BCUT2D eigenvalue weighted by atomic mass is 32.1. The minimum atomic E-state index is -0.161. The SMILES string of the molecule is COc1ccc(C(=O)Nc2cccc(-c3cn4cc(C)sc4n3)c2)cc1. The third-order valence-corrected chi connectivity index (χ3v) is 4.95. The number of ether oxygens (including phenoxy) is 1. The van der Waals surface area contributed by atoms with Crippen molar-refractivity contribution in [2.75, 3.05) is 12.4 Å². The van der Waals surface area contributed by atoms with Gasteiger partial charge < -0.3 is 10.1 Å². The van der Waals surface area contributed by atoms with Crippen LogP contribution in [0.25, 0.3) is 16.2 Å². The molecule has 2 heterocycles. The predicted octanol–water partition coefficient (Wildman–Crippen LogP) is 4.63. The van der Waals surface area contributed by atoms with E-state index >= 15 is 0 Å². The normalized spacial score (nSPS) is 10.8. The molecule has 0 aliphatic carbocycles. The molecule has 4 aromatic rings. The van der Waals surface area contributed by atoms with Crippen LogP contribution in [0.5, 0.6) is 5.75 Å². The Bertz CT molecular complexity index is 1050. The quantitative estimate of drug-likeness (QED) is 0.575. The molecule has 0 saturated carbocycles. The zero-order valence-electron chi connectivity index (χ0n) is 14.4. The fourth-order valence-electron chi connectivity index (χ4n) is 2.75. The fraction of sp³-hybridized carbons (Fsp3) is 0.100. The molecule has 0 bridgehead atoms. The number of nitrogens with zero attached hydrogens (tertiary/aromatic N) is 2. The number of rotatable bonds is 4. The standard InChI is InChI=1S/C20H17N3O2S/c1-13-11-23-12-18(22-20(23)26-13)15-4-3-5-16(10-15)21-19(24)14-6-8-17(25-2)9-7-14/h3-12H,1-2H3,(H,21,24). The monoisotopic (exact) mass is 363 g/mol. The van der Waals surface area contributed by atoms with Crippen molar-refractivity contribution in [3.8, 4) is 17.0 Å². The van der Waals surface area contributed by atoms with E-state index in [1.54, 1.807) is 42.7 Å². The van der Waals surface area contributed by atoms with Crippen LogP contribution in [-0.2, 0) is 0 Å². The van der Waals surface area contributed by atoms with E-state index in [1.807, 2.05) is 34.9 Å². The van der Waals surface area contributed by atoms with Crippen LogP contribution in [0.4, 0.5) is 5.69 Å². The molecule has 4 rings (SSSR count). The second kappa shape index (κ2) is 6.65. The summed E-state index contributed by atoms with van der Waals surface area (Å²) in [6, 6.07) is 14.7. The number of aryl methyl sites for hydroxylation is 1. The number of carbonyl (C=O) groups is 1. The first-order chi connectivity index (χ1) is 12.6. The van der Waals surface area contributed by atoms with Gasteiger partial charge in [0.05, 0.1) is 12.8 Å². The van der Waals surface area contributed by atoms with Gasteiger partial charge in [0, 0.05) is 34.1 Å². The number of benzene rings is 2. The number of thiazole rings is 1. The molecule has 130 valence electrons. The summed E-state index contributed by atoms with van der Waals surface area (Å²) in [5.41, 5.74) is 3.16. The van der Waals surface area contributed by atoms with Crippen molar-refractivity contribution in [1.82, 2.24) is 9.38 Å². The lowest BCUT2D eigenvalue weighted by Crippen LogP contribution is -2.11. The Kier molecular flexibility index (Phi) is 4.18. The van der Waals surface area contributed by atoms with Crippen molar-refractivity contribution in [2.45, 2.75) is 6.92 Å². The molecule has 2 aromatic carbocycles. The number of fused-ring (bicyclic) bond motifs is 1. The summed E-state index contributed by atoms with van der Waals surface area (Å²) in [7, 11) is 1.60. The number of aromatic nitrogens is 2. The maximum atomic E-state index is 12.4. The number of hydrogen-bond acceptors (Lipinski definition) is 4. The van der Waals surface area contributed by atoms with Gasteiger partial charge in [-0.25, -0.2) is 4.98 Å². The average Bonchev–Trinajstić information content (AvgIpc) is 3.19. The van der Waals surface area contributed by atoms with Gasteiger partial charge in [-0.1, -0.05) is 12.1 Å². The highest BCUT2D eigenvalue weighted by molar-refractivity contribution is 7.17. The van der Waals surface area contributed by atoms with Crippen molar-refractivity contribution in [3.05, 3.63) is 71.4 Å². The molecule has 5 nitrogen and oxygen atoms in total. The Morgan fingerprint density at radius 3 is 2.69 bits per heavy atom. The Morgan fingerprint density at radius 2 is 1.96 bits per heavy atom. The van der Waals surface area contributed by atoms with Crippen molar-refractivity contribution in [2.24, 2.45) is 0 Å². The van der Waals surface area contributed by atoms with Crippen LogP contribution in [0.15, 0.2) is 60.9 Å². The topological polar surface area (TPSA) is 55.6 Å². The molecule has 0 spiro atoms. The van der Waals surface area contributed by atoms with Crippen LogP contribution in [0.2, 0.25) is 0 Å². The van der Waals surface area contributed by atoms with Gasteiger partial charge in [-0.05, 0) is 43.3 Å². The zero-order chi connectivity index (χ0) is 18.1. The third-order valence-electron chi connectivity index (χ3n) is 4.04. The lowest BCUT2D eigenvalue weighted by atomic mass is 10.1. The van der Waals surface area contributed by atoms with Crippen molar-refractivity contribution in [1.29, 1.82) is 0 Å². The van der Waals surface area contributed by atoms with E-state index in [0.717, 1.165) is 27.7 Å². The molecular formula is C20H17N3O2S. The lowest BCUT2D eigenvalue weighted by molar-refractivity contribution is 0.102. The first kappa shape index (κ1) is 16.4. The predicted molar refractivity (Wildman–Crippen MR) is 104 cm³/mol. The number of methoxy groups -OCH3 is 1. The third kappa shape index (κ3) is 3.19. The zero-order valence-corrected chi connectivity index (χ0v) is 15.2. The number of amides is 1. The van der Waals surface area contributed by atoms with E-state index in [1.165, 1.54) is 4.88 Å². The Labute approximate surface area is 154 Å². The Balaban J connectivity index is 1.56. The van der Waals surface area contributed by atoms with E-state index in [0.29, 0.717) is 5.56 Å². The Morgan fingerprint density at radius 1 is 1.15 bits per heavy atom. The van der Waals surface area contributed by atoms with Gasteiger partial charge in [0.15, 0.2) is 4.96 Å². The summed E-state index contributed by atoms with van der Waals surface area (Å²) < 4.78 is 7.14. The first-order valence-corrected chi connectivity index (χ1v) is 8.95. The minimum absolute atomic E-state index is 0.161. The highest BCUT2D eigenvalue weighted by Crippen LogP contribution is 2.25. The van der Waals surface area contributed by atoms with Gasteiger partial charge in [-0.2, -0.15) is 0 Å². The Hall–Kier alpha value is -3.12. The average molecular weight is 363 g/mol. The molecule has 2 aromatic heterocycles. The molecule has 0 aliphatic rings. The van der Waals surface area contributed by atoms with Gasteiger partial charge >= 0.3 is 0 Å². The molecule has 0 atom stereocenters. The van der Waals surface area contributed by atoms with Crippen LogP contribution in [-0.4, -0.2) is 22.4 Å². The summed E-state index contributed by atoms with van der Waals surface area (Å²) in [4.78, 5) is 19.3. The number of hydrogen-bond donors (Lipinski definition) is 1. The summed E-state index contributed by atoms with van der Waals surface area (Å²) in [6.07, 6.45) is 4.06. The summed E-state index contributed by atoms with van der Waals surface area (Å²) in [5.74, 6) is 0.560. The van der Waals surface area contributed by atoms with Gasteiger partial charge in [0.25, 0.3) is 5.91 Å². The molecular weight excluding hydrogens is 346 g/mol. The van der Waals surface area contributed by atoms with Crippen molar-refractivity contribution >= 4 is 27.9 Å². The molecule has 0 radical (unpaired) electrons. The molecule has 1 N–H and O–H groups in total. The van der Waals surface area contributed by atoms with E-state index in [2.05, 4.69) is 23.4 Å². The molecule has 0 unspecified atom stereocenters. The van der Waals surface area contributed by atoms with Crippen molar-refractivity contribution < 1.29 is 9.53 Å². The lowest BCUT2D eigenvalue weighted by Gasteiger charge is -2.07. The fourth-order valence-corrected chi connectivity index (χ4v) is 3.56. The van der Waals surface area contributed by atoms with E-state index in [-0.39, 0.29) is 5.91 Å². The highest BCUT2D eigenvalue weighted by Gasteiger charge is 2.10. The van der Waals surface area contributed by atoms with Crippen LogP contribution in [0.1, 0.15) is 15.2 Å². The van der Waals surface area contributed by atoms with Gasteiger partial charge in [0.1, 0.15) is 5.75 Å².